The summed E-state index contributed by atoms with van der Waals surface area (Å²) in [5.41, 5.74) is 1.56. The molecule has 0 amide bonds. The summed E-state index contributed by atoms with van der Waals surface area (Å²) in [5.74, 6) is -0.341. The van der Waals surface area contributed by atoms with Gasteiger partial charge in [0.05, 0.1) is 13.2 Å². The highest BCUT2D eigenvalue weighted by atomic mass is 31.0. The first-order valence-electron chi connectivity index (χ1n) is 4.64. The monoisotopic (exact) mass is 217 g/mol. The zero-order valence-electron chi connectivity index (χ0n) is 8.25. The molecule has 5 heteroatoms. The molecule has 0 aromatic rings. The zero-order chi connectivity index (χ0) is 10.6. The van der Waals surface area contributed by atoms with Crippen molar-refractivity contribution >= 4 is 15.4 Å². The van der Waals surface area contributed by atoms with Crippen LogP contribution in [-0.4, -0.2) is 24.3 Å². The van der Waals surface area contributed by atoms with Gasteiger partial charge in [-0.2, -0.15) is 0 Å². The number of carbonyl (C=O) groups is 1. The maximum Gasteiger partial charge on any atom is 0.354 e. The number of allylic oxidation sites excluding steroid dienone is 1. The smallest absolute Gasteiger partial charge is 0.354 e. The first kappa shape index (κ1) is 11.5. The van der Waals surface area contributed by atoms with Crippen LogP contribution < -0.4 is 5.09 Å². The molecule has 0 spiro atoms. The predicted octanol–water partition coefficient (Wildman–Crippen LogP) is 0.728. The van der Waals surface area contributed by atoms with Gasteiger partial charge in [0.2, 0.25) is 0 Å². The first-order chi connectivity index (χ1) is 6.69. The summed E-state index contributed by atoms with van der Waals surface area (Å²) in [6.07, 6.45) is 2.74. The van der Waals surface area contributed by atoms with E-state index in [1.54, 1.807) is 0 Å². The summed E-state index contributed by atoms with van der Waals surface area (Å²) in [6.45, 7) is 0. The van der Waals surface area contributed by atoms with Crippen molar-refractivity contribution in [3.05, 3.63) is 11.3 Å². The molecular weight excluding hydrogens is 201 g/mol. The van der Waals surface area contributed by atoms with Crippen LogP contribution >= 0.6 is 9.39 Å². The number of rotatable bonds is 2. The average molecular weight is 217 g/mol. The van der Waals surface area contributed by atoms with Crippen LogP contribution in [0, 0.1) is 0 Å². The zero-order valence-corrected chi connectivity index (χ0v) is 9.40. The van der Waals surface area contributed by atoms with Crippen LogP contribution in [0.25, 0.3) is 0 Å². The molecule has 1 atom stereocenters. The third-order valence-corrected chi connectivity index (χ3v) is 2.73. The van der Waals surface area contributed by atoms with Crippen molar-refractivity contribution in [3.63, 3.8) is 0 Å². The average Bonchev–Trinajstić information content (AvgIpc) is 2.21. The van der Waals surface area contributed by atoms with E-state index in [0.717, 1.165) is 31.3 Å². The van der Waals surface area contributed by atoms with E-state index >= 15 is 0 Å². The number of hydrogen-bond donors (Lipinski definition) is 2. The van der Waals surface area contributed by atoms with E-state index in [4.69, 9.17) is 0 Å². The maximum atomic E-state index is 11.3. The van der Waals surface area contributed by atoms with Crippen molar-refractivity contribution in [2.45, 2.75) is 31.8 Å². The van der Waals surface area contributed by atoms with Gasteiger partial charge in [0.1, 0.15) is 5.70 Å². The van der Waals surface area contributed by atoms with Crippen LogP contribution in [0.3, 0.4) is 0 Å². The van der Waals surface area contributed by atoms with Gasteiger partial charge in [-0.25, -0.2) is 4.79 Å². The second kappa shape index (κ2) is 5.32. The van der Waals surface area contributed by atoms with E-state index in [0.29, 0.717) is 5.70 Å². The molecule has 1 unspecified atom stereocenters. The second-order valence-electron chi connectivity index (χ2n) is 3.35. The topological polar surface area (TPSA) is 58.6 Å². The molecule has 0 aliphatic heterocycles. The Bertz CT molecular complexity index is 242. The molecule has 14 heavy (non-hydrogen) atoms. The van der Waals surface area contributed by atoms with E-state index in [1.807, 2.05) is 0 Å². The van der Waals surface area contributed by atoms with E-state index < -0.39 is 0 Å². The Labute approximate surface area is 86.0 Å². The highest BCUT2D eigenvalue weighted by Crippen LogP contribution is 2.26. The molecule has 0 aromatic carbocycles. The molecule has 1 aliphatic rings. The van der Waals surface area contributed by atoms with Gasteiger partial charge in [-0.15, -0.1) is 0 Å². The van der Waals surface area contributed by atoms with Crippen LogP contribution in [0.15, 0.2) is 11.3 Å². The van der Waals surface area contributed by atoms with Crippen molar-refractivity contribution in [1.29, 1.82) is 0 Å². The summed E-state index contributed by atoms with van der Waals surface area (Å²) in [4.78, 5) is 11.3. The van der Waals surface area contributed by atoms with Gasteiger partial charge in [-0.3, -0.25) is 0 Å². The van der Waals surface area contributed by atoms with Gasteiger partial charge in [-0.05, 0) is 40.6 Å². The fraction of sp³-hybridized carbons (Fsp3) is 0.667. The van der Waals surface area contributed by atoms with Crippen molar-refractivity contribution < 1.29 is 14.6 Å². The molecule has 1 saturated carbocycles. The Morgan fingerprint density at radius 2 is 2.14 bits per heavy atom. The fourth-order valence-electron chi connectivity index (χ4n) is 1.61. The minimum absolute atomic E-state index is 0.220. The summed E-state index contributed by atoms with van der Waals surface area (Å²) >= 11 is 0. The van der Waals surface area contributed by atoms with E-state index in [9.17, 15) is 9.90 Å². The Balaban J connectivity index is 2.74. The van der Waals surface area contributed by atoms with Gasteiger partial charge < -0.3 is 14.9 Å². The molecule has 2 N–H and O–H groups in total. The van der Waals surface area contributed by atoms with Gasteiger partial charge in [0.25, 0.3) is 0 Å². The molecule has 4 nitrogen and oxygen atoms in total. The molecule has 0 aromatic heterocycles. The first-order valence-corrected chi connectivity index (χ1v) is 5.21. The summed E-state index contributed by atoms with van der Waals surface area (Å²) < 4.78 is 4.65. The maximum absolute atomic E-state index is 11.3. The standard InChI is InChI=1S/C9H16NO3P/c1-13-9(12)8(10-14)6-2-4-7(11)5-3-6/h7,10-11H,2-5,14H2,1H3. The largest absolute Gasteiger partial charge is 0.464 e. The van der Waals surface area contributed by atoms with Crippen molar-refractivity contribution in [2.24, 2.45) is 0 Å². The Morgan fingerprint density at radius 1 is 1.57 bits per heavy atom. The molecule has 0 radical (unpaired) electrons. The number of ether oxygens (including phenoxy) is 1. The van der Waals surface area contributed by atoms with E-state index in [2.05, 4.69) is 19.2 Å². The van der Waals surface area contributed by atoms with Gasteiger partial charge >= 0.3 is 5.97 Å². The normalized spacial score (nSPS) is 21.6. The van der Waals surface area contributed by atoms with Crippen LogP contribution in [0.4, 0.5) is 0 Å². The highest BCUT2D eigenvalue weighted by Gasteiger charge is 2.20. The number of aliphatic hydroxyl groups is 1. The molecular formula is C9H16NO3P. The number of esters is 1. The van der Waals surface area contributed by atoms with Crippen molar-refractivity contribution in [3.8, 4) is 0 Å². The lowest BCUT2D eigenvalue weighted by Crippen LogP contribution is -2.20. The summed E-state index contributed by atoms with van der Waals surface area (Å²) in [5, 5.41) is 12.1. The quantitative estimate of drug-likeness (QED) is 0.406. The third kappa shape index (κ3) is 2.69. The van der Waals surface area contributed by atoms with E-state index in [-0.39, 0.29) is 12.1 Å². The van der Waals surface area contributed by atoms with Gasteiger partial charge in [0.15, 0.2) is 0 Å². The van der Waals surface area contributed by atoms with Crippen LogP contribution in [-0.2, 0) is 9.53 Å². The number of nitrogens with one attached hydrogen (secondary N) is 1. The molecule has 0 heterocycles. The van der Waals surface area contributed by atoms with Gasteiger partial charge in [0, 0.05) is 0 Å². The Hall–Kier alpha value is -0.600. The predicted molar refractivity (Wildman–Crippen MR) is 56.4 cm³/mol. The summed E-state index contributed by atoms with van der Waals surface area (Å²) in [6, 6.07) is 0. The SMILES string of the molecule is COC(=O)C(NP)=C1CCC(O)CC1. The molecule has 0 bridgehead atoms. The molecule has 0 saturated heterocycles. The van der Waals surface area contributed by atoms with Crippen molar-refractivity contribution in [1.82, 2.24) is 5.09 Å². The fourth-order valence-corrected chi connectivity index (χ4v) is 1.93. The third-order valence-electron chi connectivity index (χ3n) is 2.45. The number of carbonyl (C=O) groups excluding carboxylic acids is 1. The second-order valence-corrected chi connectivity index (χ2v) is 3.63. The minimum Gasteiger partial charge on any atom is -0.464 e. The Kier molecular flexibility index (Phi) is 4.36. The molecule has 1 aliphatic carbocycles. The van der Waals surface area contributed by atoms with E-state index in [1.165, 1.54) is 7.11 Å². The van der Waals surface area contributed by atoms with Gasteiger partial charge in [-0.1, -0.05) is 0 Å². The molecule has 1 fully saturated rings. The van der Waals surface area contributed by atoms with Crippen LogP contribution in [0.5, 0.6) is 0 Å². The highest BCUT2D eigenvalue weighted by molar-refractivity contribution is 7.14. The summed E-state index contributed by atoms with van der Waals surface area (Å²) in [7, 11) is 3.66. The van der Waals surface area contributed by atoms with Crippen molar-refractivity contribution in [2.75, 3.05) is 7.11 Å². The molecule has 1 rings (SSSR count). The molecule has 80 valence electrons. The number of hydrogen-bond acceptors (Lipinski definition) is 4. The van der Waals surface area contributed by atoms with Crippen LogP contribution in [0.1, 0.15) is 25.7 Å². The lowest BCUT2D eigenvalue weighted by molar-refractivity contribution is -0.136. The lowest BCUT2D eigenvalue weighted by atomic mass is 9.91. The number of aliphatic hydroxyl groups excluding tert-OH is 1. The minimum atomic E-state index is -0.341. The lowest BCUT2D eigenvalue weighted by Gasteiger charge is -2.21. The van der Waals surface area contributed by atoms with Crippen LogP contribution in [0.2, 0.25) is 0 Å². The Morgan fingerprint density at radius 3 is 2.57 bits per heavy atom. The number of methoxy groups -OCH3 is 1.